The molecular weight excluding hydrogens is 286 g/mol. The second-order valence-corrected chi connectivity index (χ2v) is 5.31. The lowest BCUT2D eigenvalue weighted by Crippen LogP contribution is -2.09. The molecule has 0 unspecified atom stereocenters. The van der Waals surface area contributed by atoms with Crippen LogP contribution in [-0.4, -0.2) is 20.0 Å². The fraction of sp³-hybridized carbons (Fsp3) is 0.214. The molecule has 0 saturated heterocycles. The average Bonchev–Trinajstić information content (AvgIpc) is 3.11. The number of aryl methyl sites for hydroxylation is 1. The van der Waals surface area contributed by atoms with Crippen LogP contribution in [0.5, 0.6) is 5.75 Å². The van der Waals surface area contributed by atoms with Gasteiger partial charge in [0.25, 0.3) is 0 Å². The van der Waals surface area contributed by atoms with E-state index in [4.69, 9.17) is 10.5 Å². The lowest BCUT2D eigenvalue weighted by atomic mass is 10.3. The molecule has 6 nitrogen and oxygen atoms in total. The summed E-state index contributed by atoms with van der Waals surface area (Å²) in [5.41, 5.74) is 8.23. The summed E-state index contributed by atoms with van der Waals surface area (Å²) < 4.78 is 7.48. The van der Waals surface area contributed by atoms with Crippen molar-refractivity contribution in [2.24, 2.45) is 5.73 Å². The van der Waals surface area contributed by atoms with E-state index in [1.165, 1.54) is 11.3 Å². The summed E-state index contributed by atoms with van der Waals surface area (Å²) in [6.07, 6.45) is 0. The molecule has 0 aliphatic carbocycles. The highest BCUT2D eigenvalue weighted by atomic mass is 32.1. The monoisotopic (exact) mass is 301 g/mol. The summed E-state index contributed by atoms with van der Waals surface area (Å²) in [4.78, 5) is 4.43. The quantitative estimate of drug-likeness (QED) is 0.780. The number of ether oxygens (including phenoxy) is 1. The van der Waals surface area contributed by atoms with Crippen LogP contribution in [0.25, 0.3) is 5.13 Å². The molecule has 0 radical (unpaired) electrons. The summed E-state index contributed by atoms with van der Waals surface area (Å²) in [5.74, 6) is 0.795. The molecule has 0 spiro atoms. The van der Waals surface area contributed by atoms with Crippen molar-refractivity contribution < 1.29 is 4.74 Å². The molecule has 2 aromatic heterocycles. The Morgan fingerprint density at radius 3 is 2.76 bits per heavy atom. The molecule has 2 heterocycles. The van der Waals surface area contributed by atoms with Gasteiger partial charge in [0.15, 0.2) is 0 Å². The number of aromatic nitrogens is 4. The molecule has 0 aliphatic rings. The van der Waals surface area contributed by atoms with Crippen molar-refractivity contribution in [3.8, 4) is 10.9 Å². The third kappa shape index (κ3) is 2.93. The molecule has 21 heavy (non-hydrogen) atoms. The van der Waals surface area contributed by atoms with Gasteiger partial charge in [0.2, 0.25) is 5.13 Å². The number of thiazole rings is 1. The summed E-state index contributed by atoms with van der Waals surface area (Å²) in [6, 6.07) is 9.62. The van der Waals surface area contributed by atoms with E-state index >= 15 is 0 Å². The Labute approximate surface area is 126 Å². The van der Waals surface area contributed by atoms with Gasteiger partial charge in [-0.25, -0.2) is 4.98 Å². The summed E-state index contributed by atoms with van der Waals surface area (Å²) in [5, 5.41) is 11.0. The topological polar surface area (TPSA) is 78.9 Å². The van der Waals surface area contributed by atoms with Crippen LogP contribution in [0.3, 0.4) is 0 Å². The predicted octanol–water partition coefficient (Wildman–Crippen LogP) is 2.07. The maximum absolute atomic E-state index is 5.78. The first-order chi connectivity index (χ1) is 10.3. The molecule has 3 rings (SSSR count). The number of hydrogen-bond acceptors (Lipinski definition) is 6. The van der Waals surface area contributed by atoms with Gasteiger partial charge in [-0.05, 0) is 19.1 Å². The molecule has 1 aromatic carbocycles. The second kappa shape index (κ2) is 6.02. The zero-order valence-electron chi connectivity index (χ0n) is 11.6. The molecule has 7 heteroatoms. The lowest BCUT2D eigenvalue weighted by molar-refractivity contribution is 0.296. The second-order valence-electron chi connectivity index (χ2n) is 4.47. The first-order valence-corrected chi connectivity index (χ1v) is 7.40. The molecule has 108 valence electrons. The Kier molecular flexibility index (Phi) is 3.94. The van der Waals surface area contributed by atoms with Crippen LogP contribution in [0, 0.1) is 6.92 Å². The zero-order valence-corrected chi connectivity index (χ0v) is 12.4. The Bertz CT molecular complexity index is 722. The van der Waals surface area contributed by atoms with E-state index in [0.29, 0.717) is 13.2 Å². The number of nitrogens with two attached hydrogens (primary N) is 1. The van der Waals surface area contributed by atoms with Gasteiger partial charge in [0, 0.05) is 11.9 Å². The largest absolute Gasteiger partial charge is 0.487 e. The minimum atomic E-state index is 0.317. The molecule has 0 atom stereocenters. The van der Waals surface area contributed by atoms with Crippen LogP contribution in [0.4, 0.5) is 0 Å². The van der Waals surface area contributed by atoms with E-state index in [1.807, 2.05) is 42.6 Å². The Morgan fingerprint density at radius 1 is 1.29 bits per heavy atom. The van der Waals surface area contributed by atoms with Gasteiger partial charge in [0.1, 0.15) is 23.7 Å². The fourth-order valence-electron chi connectivity index (χ4n) is 1.90. The first kappa shape index (κ1) is 13.7. The smallest absolute Gasteiger partial charge is 0.212 e. The van der Waals surface area contributed by atoms with Gasteiger partial charge in [0.05, 0.1) is 5.69 Å². The molecule has 2 N–H and O–H groups in total. The molecule has 0 aliphatic heterocycles. The fourth-order valence-corrected chi connectivity index (χ4v) is 2.67. The maximum Gasteiger partial charge on any atom is 0.212 e. The minimum absolute atomic E-state index is 0.317. The lowest BCUT2D eigenvalue weighted by Gasteiger charge is -2.07. The third-order valence-electron chi connectivity index (χ3n) is 2.94. The van der Waals surface area contributed by atoms with E-state index < -0.39 is 0 Å². The van der Waals surface area contributed by atoms with Crippen molar-refractivity contribution in [2.45, 2.75) is 20.1 Å². The van der Waals surface area contributed by atoms with Crippen LogP contribution in [0.1, 0.15) is 17.1 Å². The highest BCUT2D eigenvalue weighted by molar-refractivity contribution is 7.12. The number of rotatable bonds is 5. The number of nitrogens with zero attached hydrogens (tertiary/aromatic N) is 4. The molecule has 0 amide bonds. The van der Waals surface area contributed by atoms with Crippen molar-refractivity contribution in [1.29, 1.82) is 0 Å². The highest BCUT2D eigenvalue weighted by Gasteiger charge is 2.16. The minimum Gasteiger partial charge on any atom is -0.487 e. The molecule has 0 saturated carbocycles. The highest BCUT2D eigenvalue weighted by Crippen LogP contribution is 2.19. The van der Waals surface area contributed by atoms with Gasteiger partial charge in [-0.15, -0.1) is 16.4 Å². The zero-order chi connectivity index (χ0) is 14.7. The third-order valence-corrected chi connectivity index (χ3v) is 3.88. The average molecular weight is 301 g/mol. The van der Waals surface area contributed by atoms with E-state index in [-0.39, 0.29) is 0 Å². The SMILES string of the molecule is Cc1csc(-n2nnc(CN)c2COc2ccccc2)n1. The number of hydrogen-bond donors (Lipinski definition) is 1. The van der Waals surface area contributed by atoms with Gasteiger partial charge < -0.3 is 10.5 Å². The van der Waals surface area contributed by atoms with Crippen molar-refractivity contribution in [3.05, 3.63) is 52.8 Å². The summed E-state index contributed by atoms with van der Waals surface area (Å²) in [7, 11) is 0. The Morgan fingerprint density at radius 2 is 2.10 bits per heavy atom. The number of para-hydroxylation sites is 1. The molecule has 3 aromatic rings. The van der Waals surface area contributed by atoms with Gasteiger partial charge in [-0.3, -0.25) is 0 Å². The molecular formula is C14H15N5OS. The van der Waals surface area contributed by atoms with Gasteiger partial charge in [-0.2, -0.15) is 4.68 Å². The predicted molar refractivity (Wildman–Crippen MR) is 80.4 cm³/mol. The van der Waals surface area contributed by atoms with Crippen LogP contribution >= 0.6 is 11.3 Å². The maximum atomic E-state index is 5.78. The normalized spacial score (nSPS) is 10.8. The Balaban J connectivity index is 1.87. The van der Waals surface area contributed by atoms with Gasteiger partial charge >= 0.3 is 0 Å². The van der Waals surface area contributed by atoms with Crippen molar-refractivity contribution in [1.82, 2.24) is 20.0 Å². The van der Waals surface area contributed by atoms with Crippen LogP contribution in [0.2, 0.25) is 0 Å². The van der Waals surface area contributed by atoms with Gasteiger partial charge in [-0.1, -0.05) is 23.4 Å². The summed E-state index contributed by atoms with van der Waals surface area (Å²) in [6.45, 7) is 2.61. The number of benzene rings is 1. The van der Waals surface area contributed by atoms with Crippen LogP contribution in [0.15, 0.2) is 35.7 Å². The molecule has 0 bridgehead atoms. The van der Waals surface area contributed by atoms with E-state index in [9.17, 15) is 0 Å². The first-order valence-electron chi connectivity index (χ1n) is 6.52. The Hall–Kier alpha value is -2.25. The van der Waals surface area contributed by atoms with Crippen molar-refractivity contribution in [3.63, 3.8) is 0 Å². The van der Waals surface area contributed by atoms with E-state index in [1.54, 1.807) is 4.68 Å². The van der Waals surface area contributed by atoms with Crippen molar-refractivity contribution in [2.75, 3.05) is 0 Å². The molecule has 0 fully saturated rings. The summed E-state index contributed by atoms with van der Waals surface area (Å²) >= 11 is 1.52. The van der Waals surface area contributed by atoms with Crippen molar-refractivity contribution >= 4 is 11.3 Å². The van der Waals surface area contributed by atoms with E-state index in [0.717, 1.165) is 28.0 Å². The van der Waals surface area contributed by atoms with Crippen LogP contribution < -0.4 is 10.5 Å². The van der Waals surface area contributed by atoms with E-state index in [2.05, 4.69) is 15.3 Å². The standard InChI is InChI=1S/C14H15N5OS/c1-10-9-21-14(16-10)19-13(12(7-15)17-18-19)8-20-11-5-3-2-4-6-11/h2-6,9H,7-8,15H2,1H3. The van der Waals surface area contributed by atoms with Crippen LogP contribution in [-0.2, 0) is 13.2 Å².